The van der Waals surface area contributed by atoms with Gasteiger partial charge in [0.2, 0.25) is 0 Å². The molecule has 0 saturated heterocycles. The van der Waals surface area contributed by atoms with Crippen molar-refractivity contribution in [3.05, 3.63) is 11.1 Å². The van der Waals surface area contributed by atoms with Crippen LogP contribution in [-0.2, 0) is 0 Å². The van der Waals surface area contributed by atoms with E-state index < -0.39 is 0 Å². The third-order valence-corrected chi connectivity index (χ3v) is 11.8. The molecule has 1 N–H and O–H groups in total. The van der Waals surface area contributed by atoms with Crippen LogP contribution in [-0.4, -0.2) is 35.7 Å². The van der Waals surface area contributed by atoms with Crippen molar-refractivity contribution in [3.8, 4) is 0 Å². The molecule has 4 aliphatic rings. The van der Waals surface area contributed by atoms with Crippen molar-refractivity contribution in [1.82, 2.24) is 4.90 Å². The van der Waals surface area contributed by atoms with Gasteiger partial charge in [-0.1, -0.05) is 78.9 Å². The highest BCUT2D eigenvalue weighted by Gasteiger charge is 2.60. The molecule has 0 aromatic heterocycles. The van der Waals surface area contributed by atoms with Crippen LogP contribution in [0.1, 0.15) is 119 Å². The first-order valence-electron chi connectivity index (χ1n) is 15.3. The van der Waals surface area contributed by atoms with Crippen molar-refractivity contribution in [2.45, 2.75) is 125 Å². The van der Waals surface area contributed by atoms with E-state index in [0.29, 0.717) is 10.8 Å². The molecule has 0 radical (unpaired) electrons. The Morgan fingerprint density at radius 3 is 2.29 bits per heavy atom. The van der Waals surface area contributed by atoms with E-state index >= 15 is 0 Å². The molecule has 3 fully saturated rings. The van der Waals surface area contributed by atoms with Gasteiger partial charge in [0.15, 0.2) is 0 Å². The maximum absolute atomic E-state index is 10.7. The highest BCUT2D eigenvalue weighted by Crippen LogP contribution is 2.68. The number of likely N-dealkylation sites (N-methyl/N-ethyl adjacent to an activating group) is 1. The van der Waals surface area contributed by atoms with Crippen molar-refractivity contribution >= 4 is 12.4 Å². The third kappa shape index (κ3) is 5.56. The van der Waals surface area contributed by atoms with Gasteiger partial charge in [-0.25, -0.2) is 0 Å². The molecule has 0 aromatic carbocycles. The fraction of sp³-hybridized carbons (Fsp3) is 0.938. The summed E-state index contributed by atoms with van der Waals surface area (Å²) in [7, 11) is 0. The van der Waals surface area contributed by atoms with Crippen LogP contribution in [0.3, 0.4) is 0 Å². The van der Waals surface area contributed by atoms with E-state index in [1.54, 1.807) is 11.1 Å². The summed E-state index contributed by atoms with van der Waals surface area (Å²) >= 11 is 0. The van der Waals surface area contributed by atoms with Gasteiger partial charge in [-0.2, -0.15) is 0 Å². The zero-order valence-corrected chi connectivity index (χ0v) is 25.1. The predicted octanol–water partition coefficient (Wildman–Crippen LogP) is 8.52. The van der Waals surface area contributed by atoms with Gasteiger partial charge in [0.05, 0.1) is 6.10 Å². The Labute approximate surface area is 224 Å². The first-order chi connectivity index (χ1) is 16.1. The van der Waals surface area contributed by atoms with E-state index in [-0.39, 0.29) is 18.5 Å². The molecular weight excluding hydrogens is 450 g/mol. The highest BCUT2D eigenvalue weighted by molar-refractivity contribution is 5.85. The normalized spacial score (nSPS) is 39.8. The van der Waals surface area contributed by atoms with Gasteiger partial charge in [-0.05, 0) is 111 Å². The minimum atomic E-state index is -0.109. The van der Waals surface area contributed by atoms with E-state index in [1.165, 1.54) is 57.8 Å². The molecule has 4 rings (SSSR count). The molecule has 0 aromatic rings. The van der Waals surface area contributed by atoms with E-state index in [4.69, 9.17) is 0 Å². The Balaban J connectivity index is 0.00000342. The van der Waals surface area contributed by atoms with Crippen LogP contribution in [0.2, 0.25) is 0 Å². The lowest BCUT2D eigenvalue weighted by Gasteiger charge is -2.59. The summed E-state index contributed by atoms with van der Waals surface area (Å²) in [6.07, 6.45) is 14.5. The van der Waals surface area contributed by atoms with Crippen LogP contribution >= 0.6 is 12.4 Å². The molecule has 0 aliphatic heterocycles. The van der Waals surface area contributed by atoms with E-state index in [0.717, 1.165) is 68.0 Å². The van der Waals surface area contributed by atoms with Crippen molar-refractivity contribution < 1.29 is 5.11 Å². The molecule has 8 atom stereocenters. The van der Waals surface area contributed by atoms with Crippen LogP contribution in [0.15, 0.2) is 11.1 Å². The smallest absolute Gasteiger partial charge is 0.0578 e. The Morgan fingerprint density at radius 2 is 1.63 bits per heavy atom. The number of aliphatic hydroxyl groups excluding tert-OH is 1. The highest BCUT2D eigenvalue weighted by atomic mass is 35.5. The third-order valence-electron chi connectivity index (χ3n) is 11.8. The van der Waals surface area contributed by atoms with E-state index in [2.05, 4.69) is 53.4 Å². The molecule has 0 heterocycles. The summed E-state index contributed by atoms with van der Waals surface area (Å²) in [6.45, 7) is 20.7. The largest absolute Gasteiger partial charge is 0.393 e. The zero-order valence-electron chi connectivity index (χ0n) is 24.2. The van der Waals surface area contributed by atoms with E-state index in [1.807, 2.05) is 0 Å². The van der Waals surface area contributed by atoms with Crippen molar-refractivity contribution in [2.24, 2.45) is 46.3 Å². The van der Waals surface area contributed by atoms with Gasteiger partial charge in [0.25, 0.3) is 0 Å². The van der Waals surface area contributed by atoms with Crippen LogP contribution in [0, 0.1) is 46.3 Å². The summed E-state index contributed by atoms with van der Waals surface area (Å²) in [5.41, 5.74) is 4.33. The van der Waals surface area contributed by atoms with Crippen LogP contribution < -0.4 is 0 Å². The summed E-state index contributed by atoms with van der Waals surface area (Å²) in [4.78, 5) is 2.63. The molecule has 0 bridgehead atoms. The van der Waals surface area contributed by atoms with Crippen LogP contribution in [0.25, 0.3) is 0 Å². The minimum Gasteiger partial charge on any atom is -0.393 e. The van der Waals surface area contributed by atoms with Crippen LogP contribution in [0.4, 0.5) is 0 Å². The maximum Gasteiger partial charge on any atom is 0.0578 e. The molecule has 0 unspecified atom stereocenters. The van der Waals surface area contributed by atoms with Gasteiger partial charge in [0.1, 0.15) is 0 Å². The van der Waals surface area contributed by atoms with Crippen LogP contribution in [0.5, 0.6) is 0 Å². The average Bonchev–Trinajstić information content (AvgIpc) is 3.15. The summed E-state index contributed by atoms with van der Waals surface area (Å²) < 4.78 is 0. The molecule has 4 aliphatic carbocycles. The van der Waals surface area contributed by atoms with Gasteiger partial charge in [-0.15, -0.1) is 12.4 Å². The number of rotatable bonds is 9. The fourth-order valence-corrected chi connectivity index (χ4v) is 9.82. The summed E-state index contributed by atoms with van der Waals surface area (Å²) in [5.74, 6) is 5.31. The van der Waals surface area contributed by atoms with Gasteiger partial charge < -0.3 is 5.11 Å². The predicted molar refractivity (Wildman–Crippen MR) is 153 cm³/mol. The summed E-state index contributed by atoms with van der Waals surface area (Å²) in [5, 5.41) is 10.7. The fourth-order valence-electron chi connectivity index (χ4n) is 9.82. The quantitative estimate of drug-likeness (QED) is 0.316. The second kappa shape index (κ2) is 11.8. The molecule has 3 heteroatoms. The lowest BCUT2D eigenvalue weighted by molar-refractivity contribution is -0.0605. The SMILES string of the molecule is CCN(CC)CC1=C2C[C@@H](O)CC[C@]2(C)[C@H]2CC[C@]3(C)[C@@H]([C@H](C)CCCC(C)C)CC[C@H]3[C@@H]2C1.Cl. The Bertz CT molecular complexity index is 729. The monoisotopic (exact) mass is 507 g/mol. The standard InChI is InChI=1S/C32H57NO.ClH/c1-8-33(9-2)21-24-19-26-28-14-13-27(23(5)12-10-11-22(3)4)31(28,6)18-16-29(26)32(7)17-15-25(34)20-30(24)32;/h22-23,25-29,34H,8-21H2,1-7H3;1H/t23-,25+,26+,27-,28+,29+,31-,32-;/m1./s1. The number of fused-ring (bicyclic) bond motifs is 5. The average molecular weight is 508 g/mol. The molecule has 3 saturated carbocycles. The molecular formula is C32H58ClNO. The molecule has 2 nitrogen and oxygen atoms in total. The first-order valence-corrected chi connectivity index (χ1v) is 15.3. The number of hydrogen-bond acceptors (Lipinski definition) is 2. The Morgan fingerprint density at radius 1 is 0.914 bits per heavy atom. The summed E-state index contributed by atoms with van der Waals surface area (Å²) in [6, 6.07) is 0. The van der Waals surface area contributed by atoms with E-state index in [9.17, 15) is 5.11 Å². The van der Waals surface area contributed by atoms with Crippen molar-refractivity contribution in [3.63, 3.8) is 0 Å². The van der Waals surface area contributed by atoms with Gasteiger partial charge in [0, 0.05) is 6.54 Å². The number of aliphatic hydroxyl groups is 1. The number of nitrogens with zero attached hydrogens (tertiary/aromatic N) is 1. The molecule has 35 heavy (non-hydrogen) atoms. The first kappa shape index (κ1) is 29.5. The van der Waals surface area contributed by atoms with Crippen molar-refractivity contribution in [1.29, 1.82) is 0 Å². The second-order valence-electron chi connectivity index (χ2n) is 14.0. The lowest BCUT2D eigenvalue weighted by atomic mass is 9.46. The van der Waals surface area contributed by atoms with Gasteiger partial charge >= 0.3 is 0 Å². The lowest BCUT2D eigenvalue weighted by Crippen LogP contribution is -2.52. The Hall–Kier alpha value is -0.0500. The maximum atomic E-state index is 10.7. The minimum absolute atomic E-state index is 0. The zero-order chi connectivity index (χ0) is 24.7. The van der Waals surface area contributed by atoms with Crippen molar-refractivity contribution in [2.75, 3.05) is 19.6 Å². The molecule has 0 spiro atoms. The molecule has 204 valence electrons. The topological polar surface area (TPSA) is 23.5 Å². The number of halogens is 1. The second-order valence-corrected chi connectivity index (χ2v) is 14.0. The Kier molecular flexibility index (Phi) is 9.93. The van der Waals surface area contributed by atoms with Gasteiger partial charge in [-0.3, -0.25) is 4.90 Å². The number of hydrogen-bond donors (Lipinski definition) is 1. The molecule has 0 amide bonds.